The summed E-state index contributed by atoms with van der Waals surface area (Å²) < 4.78 is 13.4. The molecule has 0 fully saturated rings. The molecule has 2 aliphatic heterocycles. The van der Waals surface area contributed by atoms with E-state index in [9.17, 15) is 9.59 Å². The number of carbonyl (C=O) groups excluding carboxylic acids is 2. The van der Waals surface area contributed by atoms with E-state index < -0.39 is 29.3 Å². The molecule has 0 spiro atoms. The lowest BCUT2D eigenvalue weighted by Gasteiger charge is -2.27. The molecule has 1 unspecified atom stereocenters. The van der Waals surface area contributed by atoms with Crippen LogP contribution in [-0.2, 0) is 14.3 Å². The molecule has 0 aromatic rings. The second-order valence-electron chi connectivity index (χ2n) is 10.4. The van der Waals surface area contributed by atoms with Crippen molar-refractivity contribution in [3.8, 4) is 0 Å². The van der Waals surface area contributed by atoms with Gasteiger partial charge in [-0.25, -0.2) is 9.59 Å². The lowest BCUT2D eigenvalue weighted by molar-refractivity contribution is -0.538. The summed E-state index contributed by atoms with van der Waals surface area (Å²) in [7, 11) is 0. The third kappa shape index (κ3) is 10.6. The Morgan fingerprint density at radius 2 is 1.69 bits per heavy atom. The molecule has 0 aromatic heterocycles. The lowest BCUT2D eigenvalue weighted by Crippen LogP contribution is -3.00. The number of hydrogen-bond donors (Lipinski definition) is 1. The number of halogens is 1. The summed E-state index contributed by atoms with van der Waals surface area (Å²) in [5, 5.41) is 2.71. The van der Waals surface area contributed by atoms with Gasteiger partial charge in [-0.3, -0.25) is 9.48 Å². The Hall–Kier alpha value is -1.15. The van der Waals surface area contributed by atoms with Crippen LogP contribution in [-0.4, -0.2) is 75.9 Å². The van der Waals surface area contributed by atoms with E-state index in [-0.39, 0.29) is 12.4 Å². The number of rotatable bonds is 7. The van der Waals surface area contributed by atoms with Gasteiger partial charge in [-0.05, 0) is 73.0 Å². The zero-order valence-electron chi connectivity index (χ0n) is 20.7. The van der Waals surface area contributed by atoms with Crippen LogP contribution in [0.15, 0.2) is 0 Å². The molecule has 1 N–H and O–H groups in total. The zero-order chi connectivity index (χ0) is 23.1. The SMILES string of the molecule is CC(C)(C)OC(=O)NC(CCSCN1CCC[N+]2=C1CCCCC2)C(=O)OC(C)(C)C.[Cl-]. The van der Waals surface area contributed by atoms with Gasteiger partial charge in [-0.15, -0.1) is 11.8 Å². The molecular formula is C23H42ClN3O4S. The van der Waals surface area contributed by atoms with Crippen molar-refractivity contribution >= 4 is 29.7 Å². The Balaban J connectivity index is 0.00000512. The van der Waals surface area contributed by atoms with Crippen LogP contribution in [0.5, 0.6) is 0 Å². The molecule has 2 aliphatic rings. The van der Waals surface area contributed by atoms with Gasteiger partial charge < -0.3 is 27.2 Å². The van der Waals surface area contributed by atoms with Gasteiger partial charge in [0.1, 0.15) is 23.1 Å². The van der Waals surface area contributed by atoms with Crippen LogP contribution < -0.4 is 17.7 Å². The molecule has 0 saturated heterocycles. The standard InChI is InChI=1S/C23H41N3O4S.ClH/c1-22(2,3)29-20(27)18(24-21(28)30-23(4,5)6)12-16-31-17-26-15-10-14-25-13-9-7-8-11-19(25)26;/h18H,7-17H2,1-6H3;1H. The van der Waals surface area contributed by atoms with Gasteiger partial charge in [0, 0.05) is 12.8 Å². The van der Waals surface area contributed by atoms with E-state index in [2.05, 4.69) is 14.8 Å². The summed E-state index contributed by atoms with van der Waals surface area (Å²) >= 11 is 1.80. The predicted octanol–water partition coefficient (Wildman–Crippen LogP) is 0.997. The molecule has 0 aromatic carbocycles. The summed E-state index contributed by atoms with van der Waals surface area (Å²) in [6, 6.07) is -0.718. The van der Waals surface area contributed by atoms with Crippen molar-refractivity contribution in [2.75, 3.05) is 31.3 Å². The number of carbonyl (C=O) groups is 2. The van der Waals surface area contributed by atoms with Crippen LogP contribution in [0.1, 0.15) is 80.1 Å². The molecule has 9 heteroatoms. The molecule has 1 amide bonds. The summed E-state index contributed by atoms with van der Waals surface area (Å²) in [5.74, 6) is 2.75. The molecular weight excluding hydrogens is 450 g/mol. The highest BCUT2D eigenvalue weighted by Gasteiger charge is 2.30. The molecule has 2 rings (SSSR count). The maximum absolute atomic E-state index is 12.7. The Bertz CT molecular complexity index is 659. The molecule has 32 heavy (non-hydrogen) atoms. The summed E-state index contributed by atoms with van der Waals surface area (Å²) in [6.45, 7) is 14.4. The highest BCUT2D eigenvalue weighted by molar-refractivity contribution is 7.99. The van der Waals surface area contributed by atoms with Crippen LogP contribution in [0.25, 0.3) is 0 Å². The monoisotopic (exact) mass is 491 g/mol. The first-order chi connectivity index (χ1) is 14.4. The molecule has 0 radical (unpaired) electrons. The van der Waals surface area contributed by atoms with Crippen molar-refractivity contribution in [2.45, 2.75) is 97.3 Å². The number of amidine groups is 1. The van der Waals surface area contributed by atoms with Crippen molar-refractivity contribution in [2.24, 2.45) is 0 Å². The molecule has 7 nitrogen and oxygen atoms in total. The van der Waals surface area contributed by atoms with Crippen molar-refractivity contribution in [3.63, 3.8) is 0 Å². The van der Waals surface area contributed by atoms with Crippen LogP contribution in [0.2, 0.25) is 0 Å². The first-order valence-corrected chi connectivity index (χ1v) is 12.8. The number of nitrogens with zero attached hydrogens (tertiary/aromatic N) is 2. The Kier molecular flexibility index (Phi) is 11.7. The normalized spacial score (nSPS) is 18.1. The maximum Gasteiger partial charge on any atom is 0.408 e. The van der Waals surface area contributed by atoms with E-state index in [0.717, 1.165) is 18.2 Å². The number of esters is 1. The van der Waals surface area contributed by atoms with E-state index >= 15 is 0 Å². The fourth-order valence-corrected chi connectivity index (χ4v) is 4.85. The average Bonchev–Trinajstić information content (AvgIpc) is 2.87. The Labute approximate surface area is 204 Å². The molecule has 1 atom stereocenters. The topological polar surface area (TPSA) is 70.9 Å². The molecule has 2 heterocycles. The minimum Gasteiger partial charge on any atom is -1.00 e. The fourth-order valence-electron chi connectivity index (χ4n) is 3.82. The molecule has 0 saturated carbocycles. The Morgan fingerprint density at radius 3 is 2.34 bits per heavy atom. The summed E-state index contributed by atoms with van der Waals surface area (Å²) in [4.78, 5) is 27.4. The van der Waals surface area contributed by atoms with Gasteiger partial charge in [0.25, 0.3) is 0 Å². The number of ether oxygens (including phenoxy) is 2. The number of amides is 1. The Morgan fingerprint density at radius 1 is 1.03 bits per heavy atom. The number of thioether (sulfide) groups is 1. The van der Waals surface area contributed by atoms with Gasteiger partial charge in [0.15, 0.2) is 0 Å². The molecule has 0 bridgehead atoms. The van der Waals surface area contributed by atoms with Gasteiger partial charge in [0.2, 0.25) is 5.84 Å². The van der Waals surface area contributed by atoms with E-state index in [1.807, 2.05) is 20.8 Å². The van der Waals surface area contributed by atoms with Crippen molar-refractivity contribution < 1.29 is 36.0 Å². The van der Waals surface area contributed by atoms with Gasteiger partial charge in [-0.2, -0.15) is 0 Å². The van der Waals surface area contributed by atoms with Gasteiger partial charge in [-0.1, -0.05) is 0 Å². The minimum atomic E-state index is -0.718. The van der Waals surface area contributed by atoms with Gasteiger partial charge >= 0.3 is 12.1 Å². The third-order valence-electron chi connectivity index (χ3n) is 5.09. The van der Waals surface area contributed by atoms with Crippen LogP contribution in [0.4, 0.5) is 4.79 Å². The van der Waals surface area contributed by atoms with Crippen LogP contribution in [0.3, 0.4) is 0 Å². The molecule has 0 aliphatic carbocycles. The lowest BCUT2D eigenvalue weighted by atomic mass is 10.1. The second-order valence-corrected chi connectivity index (χ2v) is 11.5. The summed E-state index contributed by atoms with van der Waals surface area (Å²) in [5.41, 5.74) is -1.22. The van der Waals surface area contributed by atoms with Crippen LogP contribution in [0, 0.1) is 0 Å². The van der Waals surface area contributed by atoms with Crippen LogP contribution >= 0.6 is 11.8 Å². The predicted molar refractivity (Wildman–Crippen MR) is 126 cm³/mol. The second kappa shape index (κ2) is 12.9. The number of nitrogens with one attached hydrogen (secondary N) is 1. The molecule has 186 valence electrons. The minimum absolute atomic E-state index is 0. The number of hydrogen-bond acceptors (Lipinski definition) is 6. The van der Waals surface area contributed by atoms with E-state index in [1.54, 1.807) is 32.5 Å². The smallest absolute Gasteiger partial charge is 0.408 e. The van der Waals surface area contributed by atoms with Gasteiger partial charge in [0.05, 0.1) is 19.6 Å². The summed E-state index contributed by atoms with van der Waals surface area (Å²) in [6.07, 6.45) is 6.16. The third-order valence-corrected chi connectivity index (χ3v) is 6.11. The van der Waals surface area contributed by atoms with Crippen molar-refractivity contribution in [1.82, 2.24) is 10.2 Å². The van der Waals surface area contributed by atoms with E-state index in [4.69, 9.17) is 9.47 Å². The van der Waals surface area contributed by atoms with Crippen molar-refractivity contribution in [3.05, 3.63) is 0 Å². The number of alkyl carbamates (subject to hydrolysis) is 1. The first-order valence-electron chi connectivity index (χ1n) is 11.6. The zero-order valence-corrected chi connectivity index (χ0v) is 22.2. The average molecular weight is 492 g/mol. The highest BCUT2D eigenvalue weighted by atomic mass is 35.5. The maximum atomic E-state index is 12.7. The largest absolute Gasteiger partial charge is 1.00 e. The van der Waals surface area contributed by atoms with E-state index in [1.165, 1.54) is 51.0 Å². The quantitative estimate of drug-likeness (QED) is 0.325. The highest BCUT2D eigenvalue weighted by Crippen LogP contribution is 2.19. The first kappa shape index (κ1) is 28.9. The van der Waals surface area contributed by atoms with E-state index in [0.29, 0.717) is 6.42 Å². The van der Waals surface area contributed by atoms with Crippen molar-refractivity contribution in [1.29, 1.82) is 0 Å². The fraction of sp³-hybridized carbons (Fsp3) is 0.870.